The van der Waals surface area contributed by atoms with E-state index in [1.165, 1.54) is 6.07 Å². The van der Waals surface area contributed by atoms with Crippen LogP contribution in [0.15, 0.2) is 24.3 Å². The molecule has 104 valence electrons. The highest BCUT2D eigenvalue weighted by molar-refractivity contribution is 5.69. The predicted molar refractivity (Wildman–Crippen MR) is 77.2 cm³/mol. The Bertz CT molecular complexity index is 664. The third kappa shape index (κ3) is 1.56. The summed E-state index contributed by atoms with van der Waals surface area (Å²) in [6.45, 7) is 4.00. The number of rotatable bonds is 0. The Morgan fingerprint density at radius 1 is 0.850 bits per heavy atom. The summed E-state index contributed by atoms with van der Waals surface area (Å²) in [5.74, 6) is 1.12. The molecule has 0 unspecified atom stereocenters. The topological polar surface area (TPSA) is 102 Å². The summed E-state index contributed by atoms with van der Waals surface area (Å²) in [5, 5.41) is 19.5. The fraction of sp³-hybridized carbons (Fsp3) is 0.200. The Labute approximate surface area is 116 Å². The average molecular weight is 272 g/mol. The number of hydrogen-bond acceptors (Lipinski definition) is 5. The van der Waals surface area contributed by atoms with Crippen molar-refractivity contribution in [2.75, 3.05) is 11.5 Å². The van der Waals surface area contributed by atoms with Crippen molar-refractivity contribution in [2.45, 2.75) is 19.3 Å². The first-order chi connectivity index (χ1) is 9.30. The lowest BCUT2D eigenvalue weighted by molar-refractivity contribution is 0.406. The highest BCUT2D eigenvalue weighted by Gasteiger charge is 2.35. The van der Waals surface area contributed by atoms with Crippen LogP contribution in [0.5, 0.6) is 23.0 Å². The third-order valence-corrected chi connectivity index (χ3v) is 3.82. The van der Waals surface area contributed by atoms with Gasteiger partial charge < -0.3 is 26.4 Å². The van der Waals surface area contributed by atoms with Crippen LogP contribution in [0.2, 0.25) is 0 Å². The van der Waals surface area contributed by atoms with Crippen LogP contribution in [0.25, 0.3) is 0 Å². The predicted octanol–water partition coefficient (Wildman–Crippen LogP) is 2.69. The molecule has 0 fully saturated rings. The number of ether oxygens (including phenoxy) is 1. The maximum atomic E-state index is 9.81. The molecular formula is C15H16N2O3. The fourth-order valence-electron chi connectivity index (χ4n) is 2.58. The van der Waals surface area contributed by atoms with Gasteiger partial charge in [-0.3, -0.25) is 0 Å². The maximum Gasteiger partial charge on any atom is 0.142 e. The summed E-state index contributed by atoms with van der Waals surface area (Å²) in [6, 6.07) is 6.39. The van der Waals surface area contributed by atoms with Crippen LogP contribution in [-0.2, 0) is 5.41 Å². The van der Waals surface area contributed by atoms with Gasteiger partial charge in [0.15, 0.2) is 0 Å². The lowest BCUT2D eigenvalue weighted by Gasteiger charge is -2.35. The van der Waals surface area contributed by atoms with Crippen LogP contribution < -0.4 is 16.2 Å². The molecule has 0 saturated carbocycles. The van der Waals surface area contributed by atoms with Gasteiger partial charge >= 0.3 is 0 Å². The molecule has 2 aromatic rings. The molecule has 0 saturated heterocycles. The molecule has 1 aliphatic rings. The molecule has 0 atom stereocenters. The second-order valence-corrected chi connectivity index (χ2v) is 5.54. The van der Waals surface area contributed by atoms with Crippen molar-refractivity contribution < 1.29 is 14.9 Å². The van der Waals surface area contributed by atoms with Crippen molar-refractivity contribution in [3.8, 4) is 23.0 Å². The van der Waals surface area contributed by atoms with Crippen LogP contribution in [0, 0.1) is 0 Å². The van der Waals surface area contributed by atoms with E-state index in [1.54, 1.807) is 18.2 Å². The molecule has 5 nitrogen and oxygen atoms in total. The number of benzene rings is 2. The van der Waals surface area contributed by atoms with Gasteiger partial charge in [-0.05, 0) is 12.1 Å². The van der Waals surface area contributed by atoms with E-state index in [0.29, 0.717) is 17.2 Å². The molecular weight excluding hydrogens is 256 g/mol. The van der Waals surface area contributed by atoms with Gasteiger partial charge in [-0.1, -0.05) is 13.8 Å². The molecule has 0 aromatic heterocycles. The number of hydrogen-bond donors (Lipinski definition) is 4. The molecule has 2 aromatic carbocycles. The summed E-state index contributed by atoms with van der Waals surface area (Å²) >= 11 is 0. The summed E-state index contributed by atoms with van der Waals surface area (Å²) in [4.78, 5) is 0. The van der Waals surface area contributed by atoms with Gasteiger partial charge in [0.2, 0.25) is 0 Å². The lowest BCUT2D eigenvalue weighted by Crippen LogP contribution is -2.24. The smallest absolute Gasteiger partial charge is 0.142 e. The van der Waals surface area contributed by atoms with E-state index in [1.807, 2.05) is 13.8 Å². The van der Waals surface area contributed by atoms with E-state index in [-0.39, 0.29) is 17.2 Å². The monoisotopic (exact) mass is 272 g/mol. The molecule has 20 heavy (non-hydrogen) atoms. The number of nitrogens with two attached hydrogens (primary N) is 2. The summed E-state index contributed by atoms with van der Waals surface area (Å²) in [5.41, 5.74) is 13.3. The zero-order valence-electron chi connectivity index (χ0n) is 11.3. The molecule has 1 aliphatic heterocycles. The largest absolute Gasteiger partial charge is 0.506 e. The van der Waals surface area contributed by atoms with Crippen LogP contribution in [0.4, 0.5) is 11.4 Å². The first-order valence-electron chi connectivity index (χ1n) is 6.24. The SMILES string of the molecule is CC1(C)c2cc(N)c(O)cc2Oc2cc(N)c(O)cc21. The molecule has 0 bridgehead atoms. The third-order valence-electron chi connectivity index (χ3n) is 3.82. The summed E-state index contributed by atoms with van der Waals surface area (Å²) < 4.78 is 5.78. The van der Waals surface area contributed by atoms with Crippen LogP contribution in [-0.4, -0.2) is 10.2 Å². The molecule has 3 rings (SSSR count). The Morgan fingerprint density at radius 3 is 2.05 bits per heavy atom. The molecule has 5 heteroatoms. The number of fused-ring (bicyclic) bond motifs is 2. The Kier molecular flexibility index (Phi) is 2.32. The van der Waals surface area contributed by atoms with Gasteiger partial charge in [-0.15, -0.1) is 0 Å². The van der Waals surface area contributed by atoms with Gasteiger partial charge in [0.25, 0.3) is 0 Å². The molecule has 0 spiro atoms. The van der Waals surface area contributed by atoms with Crippen molar-refractivity contribution in [3.05, 3.63) is 35.4 Å². The van der Waals surface area contributed by atoms with Crippen molar-refractivity contribution in [1.29, 1.82) is 0 Å². The van der Waals surface area contributed by atoms with Crippen molar-refractivity contribution in [3.63, 3.8) is 0 Å². The minimum absolute atomic E-state index is 0.0187. The second kappa shape index (κ2) is 3.72. The minimum Gasteiger partial charge on any atom is -0.506 e. The van der Waals surface area contributed by atoms with Gasteiger partial charge in [0.1, 0.15) is 23.0 Å². The summed E-state index contributed by atoms with van der Waals surface area (Å²) in [6.07, 6.45) is 0. The van der Waals surface area contributed by atoms with Crippen molar-refractivity contribution in [2.24, 2.45) is 0 Å². The standard InChI is InChI=1S/C15H16N2O3/c1-15(2)7-3-9(16)12(19)6-14(7)20-13-5-10(17)11(18)4-8(13)15/h3-6,18-19H,16-17H2,1-2H3. The Morgan fingerprint density at radius 2 is 1.35 bits per heavy atom. The van der Waals surface area contributed by atoms with Crippen molar-refractivity contribution in [1.82, 2.24) is 0 Å². The van der Waals surface area contributed by atoms with Crippen molar-refractivity contribution >= 4 is 11.4 Å². The molecule has 0 amide bonds. The number of nitrogen functional groups attached to an aromatic ring is 2. The van der Waals surface area contributed by atoms with E-state index in [2.05, 4.69) is 0 Å². The molecule has 0 aliphatic carbocycles. The lowest BCUT2D eigenvalue weighted by atomic mass is 9.75. The maximum absolute atomic E-state index is 9.81. The van der Waals surface area contributed by atoms with E-state index in [9.17, 15) is 10.2 Å². The first-order valence-corrected chi connectivity index (χ1v) is 6.24. The number of phenolic OH excluding ortho intramolecular Hbond substituents is 2. The fourth-order valence-corrected chi connectivity index (χ4v) is 2.58. The summed E-state index contributed by atoms with van der Waals surface area (Å²) in [7, 11) is 0. The highest BCUT2D eigenvalue weighted by atomic mass is 16.5. The van der Waals surface area contributed by atoms with Crippen LogP contribution >= 0.6 is 0 Å². The molecule has 0 radical (unpaired) electrons. The normalized spacial score (nSPS) is 15.1. The van der Waals surface area contributed by atoms with Gasteiger partial charge in [-0.2, -0.15) is 0 Å². The van der Waals surface area contributed by atoms with Crippen LogP contribution in [0.3, 0.4) is 0 Å². The zero-order chi connectivity index (χ0) is 14.7. The molecule has 1 heterocycles. The van der Waals surface area contributed by atoms with E-state index < -0.39 is 5.41 Å². The average Bonchev–Trinajstić information content (AvgIpc) is 2.35. The number of aromatic hydroxyl groups is 2. The number of phenols is 2. The van der Waals surface area contributed by atoms with Gasteiger partial charge in [-0.25, -0.2) is 0 Å². The first kappa shape index (κ1) is 12.5. The second-order valence-electron chi connectivity index (χ2n) is 5.54. The zero-order valence-corrected chi connectivity index (χ0v) is 11.3. The van der Waals surface area contributed by atoms with Gasteiger partial charge in [0, 0.05) is 28.7 Å². The quantitative estimate of drug-likeness (QED) is 0.436. The molecule has 6 N–H and O–H groups in total. The van der Waals surface area contributed by atoms with E-state index in [4.69, 9.17) is 16.2 Å². The van der Waals surface area contributed by atoms with Crippen LogP contribution in [0.1, 0.15) is 25.0 Å². The Hall–Kier alpha value is -2.56. The van der Waals surface area contributed by atoms with E-state index >= 15 is 0 Å². The van der Waals surface area contributed by atoms with E-state index in [0.717, 1.165) is 11.1 Å². The Balaban J connectivity index is 2.28. The minimum atomic E-state index is -0.421. The number of anilines is 2. The highest BCUT2D eigenvalue weighted by Crippen LogP contribution is 2.51. The van der Waals surface area contributed by atoms with Gasteiger partial charge in [0.05, 0.1) is 11.4 Å².